The van der Waals surface area contributed by atoms with Gasteiger partial charge in [-0.1, -0.05) is 42.5 Å². The number of methoxy groups -OCH3 is 1. The molecule has 0 aliphatic rings. The second-order valence-electron chi connectivity index (χ2n) is 3.85. The lowest BCUT2D eigenvalue weighted by Crippen LogP contribution is -1.96. The lowest BCUT2D eigenvalue weighted by Gasteiger charge is -2.07. The van der Waals surface area contributed by atoms with Crippen LogP contribution in [0.3, 0.4) is 0 Å². The second kappa shape index (κ2) is 6.06. The number of hydrogen-bond donors (Lipinski definition) is 0. The molecule has 88 valence electrons. The third-order valence-corrected chi connectivity index (χ3v) is 2.46. The molecular weight excluding hydrogens is 212 g/mol. The van der Waals surface area contributed by atoms with E-state index in [-0.39, 0.29) is 0 Å². The van der Waals surface area contributed by atoms with Crippen molar-refractivity contribution in [2.24, 2.45) is 0 Å². The lowest BCUT2D eigenvalue weighted by atomic mass is 10.2. The van der Waals surface area contributed by atoms with E-state index in [9.17, 15) is 0 Å². The Labute approximate surface area is 102 Å². The van der Waals surface area contributed by atoms with E-state index >= 15 is 0 Å². The van der Waals surface area contributed by atoms with Gasteiger partial charge in [-0.15, -0.1) is 0 Å². The van der Waals surface area contributed by atoms with Crippen molar-refractivity contribution >= 4 is 0 Å². The average Bonchev–Trinajstić information content (AvgIpc) is 2.39. The van der Waals surface area contributed by atoms with E-state index in [1.165, 1.54) is 5.56 Å². The standard InChI is InChI=1S/C15H16O2/c1-16-11-14-8-5-9-15(10-14)17-12-13-6-3-2-4-7-13/h2-10H,11-12H2,1H3. The fourth-order valence-electron chi connectivity index (χ4n) is 1.63. The molecule has 0 aliphatic carbocycles. The van der Waals surface area contributed by atoms with E-state index in [1.807, 2.05) is 42.5 Å². The highest BCUT2D eigenvalue weighted by Crippen LogP contribution is 2.15. The zero-order valence-corrected chi connectivity index (χ0v) is 9.93. The summed E-state index contributed by atoms with van der Waals surface area (Å²) >= 11 is 0. The first kappa shape index (κ1) is 11.7. The van der Waals surface area contributed by atoms with Crippen molar-refractivity contribution in [3.05, 3.63) is 65.7 Å². The summed E-state index contributed by atoms with van der Waals surface area (Å²) in [6.07, 6.45) is 0. The monoisotopic (exact) mass is 228 g/mol. The van der Waals surface area contributed by atoms with Gasteiger partial charge in [0.25, 0.3) is 0 Å². The van der Waals surface area contributed by atoms with Gasteiger partial charge in [0.05, 0.1) is 6.61 Å². The van der Waals surface area contributed by atoms with Crippen LogP contribution >= 0.6 is 0 Å². The van der Waals surface area contributed by atoms with E-state index in [0.29, 0.717) is 13.2 Å². The number of benzene rings is 2. The summed E-state index contributed by atoms with van der Waals surface area (Å²) in [7, 11) is 1.69. The van der Waals surface area contributed by atoms with Crippen LogP contribution in [0.1, 0.15) is 11.1 Å². The molecule has 0 aliphatic heterocycles. The molecule has 2 aromatic carbocycles. The summed E-state index contributed by atoms with van der Waals surface area (Å²) in [6, 6.07) is 18.1. The van der Waals surface area contributed by atoms with Gasteiger partial charge in [0.15, 0.2) is 0 Å². The molecule has 17 heavy (non-hydrogen) atoms. The molecule has 0 saturated heterocycles. The molecule has 0 saturated carbocycles. The summed E-state index contributed by atoms with van der Waals surface area (Å²) in [5, 5.41) is 0. The van der Waals surface area contributed by atoms with Gasteiger partial charge in [-0.2, -0.15) is 0 Å². The number of hydrogen-bond acceptors (Lipinski definition) is 2. The van der Waals surface area contributed by atoms with Crippen LogP contribution in [0.25, 0.3) is 0 Å². The minimum absolute atomic E-state index is 0.595. The molecule has 0 N–H and O–H groups in total. The van der Waals surface area contributed by atoms with Crippen LogP contribution < -0.4 is 4.74 Å². The van der Waals surface area contributed by atoms with Gasteiger partial charge in [-0.05, 0) is 23.3 Å². The molecule has 0 bridgehead atoms. The molecule has 0 unspecified atom stereocenters. The molecule has 0 atom stereocenters. The second-order valence-corrected chi connectivity index (χ2v) is 3.85. The Hall–Kier alpha value is -1.80. The van der Waals surface area contributed by atoms with Crippen molar-refractivity contribution in [1.29, 1.82) is 0 Å². The van der Waals surface area contributed by atoms with Gasteiger partial charge >= 0.3 is 0 Å². The van der Waals surface area contributed by atoms with E-state index in [4.69, 9.17) is 9.47 Å². The Morgan fingerprint density at radius 3 is 2.35 bits per heavy atom. The van der Waals surface area contributed by atoms with Crippen LogP contribution in [0.4, 0.5) is 0 Å². The SMILES string of the molecule is COCc1cccc(OCc2ccccc2)c1. The molecule has 0 fully saturated rings. The largest absolute Gasteiger partial charge is 0.489 e. The van der Waals surface area contributed by atoms with Gasteiger partial charge in [-0.25, -0.2) is 0 Å². The van der Waals surface area contributed by atoms with E-state index in [1.54, 1.807) is 7.11 Å². The highest BCUT2D eigenvalue weighted by atomic mass is 16.5. The van der Waals surface area contributed by atoms with Gasteiger partial charge < -0.3 is 9.47 Å². The predicted octanol–water partition coefficient (Wildman–Crippen LogP) is 3.41. The molecule has 0 aromatic heterocycles. The molecule has 0 heterocycles. The molecule has 0 radical (unpaired) electrons. The Kier molecular flexibility index (Phi) is 4.17. The summed E-state index contributed by atoms with van der Waals surface area (Å²) in [6.45, 7) is 1.21. The zero-order valence-electron chi connectivity index (χ0n) is 9.93. The van der Waals surface area contributed by atoms with E-state index in [0.717, 1.165) is 11.3 Å². The molecule has 0 amide bonds. The van der Waals surface area contributed by atoms with Crippen LogP contribution in [-0.4, -0.2) is 7.11 Å². The summed E-state index contributed by atoms with van der Waals surface area (Å²) in [5.41, 5.74) is 2.29. The van der Waals surface area contributed by atoms with E-state index in [2.05, 4.69) is 12.1 Å². The third kappa shape index (κ3) is 3.61. The fraction of sp³-hybridized carbons (Fsp3) is 0.200. The van der Waals surface area contributed by atoms with Gasteiger partial charge in [-0.3, -0.25) is 0 Å². The summed E-state index contributed by atoms with van der Waals surface area (Å²) < 4.78 is 10.8. The number of rotatable bonds is 5. The first-order chi connectivity index (χ1) is 8.38. The summed E-state index contributed by atoms with van der Waals surface area (Å²) in [4.78, 5) is 0. The van der Waals surface area contributed by atoms with Crippen molar-refractivity contribution in [2.75, 3.05) is 7.11 Å². The normalized spacial score (nSPS) is 10.2. The highest BCUT2D eigenvalue weighted by molar-refractivity contribution is 5.28. The Morgan fingerprint density at radius 2 is 1.59 bits per heavy atom. The van der Waals surface area contributed by atoms with Gasteiger partial charge in [0, 0.05) is 7.11 Å². The van der Waals surface area contributed by atoms with Crippen molar-refractivity contribution in [3.8, 4) is 5.75 Å². The maximum Gasteiger partial charge on any atom is 0.120 e. The average molecular weight is 228 g/mol. The maximum atomic E-state index is 5.72. The summed E-state index contributed by atoms with van der Waals surface area (Å²) in [5.74, 6) is 0.878. The molecule has 2 aromatic rings. The van der Waals surface area contributed by atoms with Crippen molar-refractivity contribution in [2.45, 2.75) is 13.2 Å². The van der Waals surface area contributed by atoms with Crippen LogP contribution in [0.5, 0.6) is 5.75 Å². The molecule has 2 heteroatoms. The van der Waals surface area contributed by atoms with Crippen LogP contribution in [0.15, 0.2) is 54.6 Å². The van der Waals surface area contributed by atoms with Crippen molar-refractivity contribution in [1.82, 2.24) is 0 Å². The third-order valence-electron chi connectivity index (χ3n) is 2.46. The van der Waals surface area contributed by atoms with Crippen LogP contribution in [0.2, 0.25) is 0 Å². The van der Waals surface area contributed by atoms with Gasteiger partial charge in [0.1, 0.15) is 12.4 Å². The van der Waals surface area contributed by atoms with Crippen molar-refractivity contribution in [3.63, 3.8) is 0 Å². The highest BCUT2D eigenvalue weighted by Gasteiger charge is 1.97. The molecule has 0 spiro atoms. The molecular formula is C15H16O2. The van der Waals surface area contributed by atoms with Gasteiger partial charge in [0.2, 0.25) is 0 Å². The quantitative estimate of drug-likeness (QED) is 0.780. The minimum atomic E-state index is 0.595. The molecule has 2 rings (SSSR count). The van der Waals surface area contributed by atoms with Crippen LogP contribution in [-0.2, 0) is 18.0 Å². The first-order valence-corrected chi connectivity index (χ1v) is 5.63. The molecule has 2 nitrogen and oxygen atoms in total. The van der Waals surface area contributed by atoms with E-state index < -0.39 is 0 Å². The number of ether oxygens (including phenoxy) is 2. The fourth-order valence-corrected chi connectivity index (χ4v) is 1.63. The topological polar surface area (TPSA) is 18.5 Å². The minimum Gasteiger partial charge on any atom is -0.489 e. The maximum absolute atomic E-state index is 5.72. The van der Waals surface area contributed by atoms with Crippen LogP contribution in [0, 0.1) is 0 Å². The smallest absolute Gasteiger partial charge is 0.120 e. The zero-order chi connectivity index (χ0) is 11.9. The Bertz CT molecular complexity index is 451. The Morgan fingerprint density at radius 1 is 0.824 bits per heavy atom. The van der Waals surface area contributed by atoms with Crippen molar-refractivity contribution < 1.29 is 9.47 Å². The lowest BCUT2D eigenvalue weighted by molar-refractivity contribution is 0.184. The predicted molar refractivity (Wildman–Crippen MR) is 67.9 cm³/mol. The first-order valence-electron chi connectivity index (χ1n) is 5.63. The Balaban J connectivity index is 1.97.